The van der Waals surface area contributed by atoms with Crippen molar-refractivity contribution in [2.24, 2.45) is 0 Å². The van der Waals surface area contributed by atoms with Gasteiger partial charge in [0.2, 0.25) is 0 Å². The molecule has 2 N–H and O–H groups in total. The number of aromatic nitrogens is 8. The van der Waals surface area contributed by atoms with Crippen LogP contribution in [0, 0.1) is 20.5 Å². The summed E-state index contributed by atoms with van der Waals surface area (Å²) in [6.45, 7) is 0. The summed E-state index contributed by atoms with van der Waals surface area (Å²) in [4.78, 5) is 14.8. The molecule has 23 heteroatoms. The Hall–Kier alpha value is -5.00. The van der Waals surface area contributed by atoms with Crippen LogP contribution < -0.4 is 56.2 Å². The number of pyridine rings is 2. The van der Waals surface area contributed by atoms with Gasteiger partial charge in [0.25, 0.3) is 0 Å². The summed E-state index contributed by atoms with van der Waals surface area (Å²) in [7, 11) is -3.49. The molecule has 20 nitrogen and oxygen atoms in total. The topological polar surface area (TPSA) is 330 Å². The number of ether oxygens (including phenoxy) is 4. The molecule has 0 fully saturated rings. The standard InChI is InChI=1S/2C15H14N4O2.2ClHO4.Cu/c2*1-20-12-7-6-10(9-13(12)21-2)14-17-15(19-18-14)11-5-3-4-8-16-11;2*2-1(3,4)5;/h2*3-9H,1-2H3,(H,17,18,19);2*(H,2,3,4,5);/q;;;;+2/p-2. The van der Waals surface area contributed by atoms with Crippen LogP contribution in [-0.4, -0.2) is 68.8 Å². The molecule has 1 radical (unpaired) electrons. The van der Waals surface area contributed by atoms with E-state index in [1.54, 1.807) is 40.8 Å². The van der Waals surface area contributed by atoms with Crippen LogP contribution in [0.4, 0.5) is 0 Å². The predicted molar refractivity (Wildman–Crippen MR) is 156 cm³/mol. The molecule has 0 bridgehead atoms. The van der Waals surface area contributed by atoms with Crippen molar-refractivity contribution in [2.45, 2.75) is 0 Å². The molecule has 4 aromatic heterocycles. The van der Waals surface area contributed by atoms with E-state index in [1.807, 2.05) is 72.8 Å². The van der Waals surface area contributed by atoms with E-state index in [4.69, 9.17) is 56.2 Å². The van der Waals surface area contributed by atoms with Crippen LogP contribution in [0.15, 0.2) is 85.2 Å². The zero-order valence-electron chi connectivity index (χ0n) is 27.7. The van der Waals surface area contributed by atoms with Gasteiger partial charge in [-0.05, 0) is 60.7 Å². The average Bonchev–Trinajstić information content (AvgIpc) is 3.82. The van der Waals surface area contributed by atoms with E-state index in [9.17, 15) is 0 Å². The third kappa shape index (κ3) is 15.2. The van der Waals surface area contributed by atoms with Gasteiger partial charge in [0.05, 0.1) is 28.4 Å². The van der Waals surface area contributed by atoms with E-state index in [0.29, 0.717) is 46.3 Å². The van der Waals surface area contributed by atoms with E-state index in [0.717, 1.165) is 22.5 Å². The Balaban J connectivity index is 0.000000289. The van der Waals surface area contributed by atoms with Crippen molar-refractivity contribution in [1.29, 1.82) is 0 Å². The Kier molecular flexibility index (Phi) is 17.4. The Morgan fingerprint density at radius 3 is 1.06 bits per heavy atom. The number of hydrogen-bond acceptors (Lipinski definition) is 18. The number of rotatable bonds is 8. The summed E-state index contributed by atoms with van der Waals surface area (Å²) < 4.78 is 89.0. The molecule has 2 aromatic carbocycles. The summed E-state index contributed by atoms with van der Waals surface area (Å²) in [6, 6.07) is 22.4. The molecule has 0 amide bonds. The third-order valence-corrected chi connectivity index (χ3v) is 6.10. The second-order valence-electron chi connectivity index (χ2n) is 9.37. The van der Waals surface area contributed by atoms with Gasteiger partial charge in [-0.15, -0.1) is 40.9 Å². The minimum Gasteiger partial charge on any atom is -0.493 e. The first-order chi connectivity index (χ1) is 24.6. The SMILES string of the molecule is COc1ccc(-c2nnc(-c3ccccn3)[nH]2)cc1OC.COc1ccc(-c2nnc(-c3ccccn3)[nH]2)cc1OC.[Cu+2].[O-][Cl+3]([O-])([O-])[O-].[O-][Cl+3]([O-])([O-])[O-]. The number of methoxy groups -OCH3 is 4. The Bertz CT molecular complexity index is 1810. The monoisotopic (exact) mass is 825 g/mol. The summed E-state index contributed by atoms with van der Waals surface area (Å²) in [6.07, 6.45) is 3.43. The number of nitrogens with zero attached hydrogens (tertiary/aromatic N) is 6. The molecule has 0 saturated heterocycles. The van der Waals surface area contributed by atoms with Crippen molar-refractivity contribution in [3.05, 3.63) is 85.2 Å². The summed E-state index contributed by atoms with van der Waals surface area (Å²) >= 11 is 0. The molecule has 6 aromatic rings. The largest absolute Gasteiger partial charge is 2.00 e. The van der Waals surface area contributed by atoms with Gasteiger partial charge < -0.3 is 28.9 Å². The fourth-order valence-corrected chi connectivity index (χ4v) is 3.99. The quantitative estimate of drug-likeness (QED) is 0.137. The minimum absolute atomic E-state index is 0. The molecule has 0 atom stereocenters. The van der Waals surface area contributed by atoms with E-state index >= 15 is 0 Å². The Morgan fingerprint density at radius 1 is 0.453 bits per heavy atom. The van der Waals surface area contributed by atoms with Crippen LogP contribution in [-0.2, 0) is 17.1 Å². The zero-order valence-corrected chi connectivity index (χ0v) is 30.2. The van der Waals surface area contributed by atoms with Crippen molar-refractivity contribution in [2.75, 3.05) is 28.4 Å². The molecular weight excluding hydrogens is 799 g/mol. The van der Waals surface area contributed by atoms with Crippen LogP contribution >= 0.6 is 0 Å². The van der Waals surface area contributed by atoms with Crippen LogP contribution in [0.5, 0.6) is 23.0 Å². The number of halogens is 2. The molecule has 0 aliphatic rings. The molecule has 0 spiro atoms. The smallest absolute Gasteiger partial charge is 0.493 e. The fraction of sp³-hybridized carbons (Fsp3) is 0.133. The molecular formula is C30H28Cl2CuN8O12. The van der Waals surface area contributed by atoms with E-state index in [2.05, 4.69) is 40.3 Å². The molecule has 6 rings (SSSR count). The number of aromatic amines is 2. The average molecular weight is 827 g/mol. The van der Waals surface area contributed by atoms with Gasteiger partial charge in [-0.25, -0.2) is 37.3 Å². The van der Waals surface area contributed by atoms with Crippen molar-refractivity contribution >= 4 is 0 Å². The van der Waals surface area contributed by atoms with Crippen LogP contribution in [0.1, 0.15) is 0 Å². The van der Waals surface area contributed by atoms with E-state index in [-0.39, 0.29) is 17.1 Å². The second kappa shape index (κ2) is 20.9. The van der Waals surface area contributed by atoms with Gasteiger partial charge in [-0.3, -0.25) is 9.97 Å². The molecule has 4 heterocycles. The maximum atomic E-state index is 8.49. The first-order valence-corrected chi connectivity index (χ1v) is 16.5. The van der Waals surface area contributed by atoms with Crippen LogP contribution in [0.2, 0.25) is 0 Å². The van der Waals surface area contributed by atoms with E-state index < -0.39 is 20.5 Å². The van der Waals surface area contributed by atoms with Crippen molar-refractivity contribution < 1.29 is 93.8 Å². The van der Waals surface area contributed by atoms with Gasteiger partial charge in [0.15, 0.2) is 46.3 Å². The summed E-state index contributed by atoms with van der Waals surface area (Å²) in [5.74, 6) is 5.18. The van der Waals surface area contributed by atoms with E-state index in [1.165, 1.54) is 0 Å². The maximum Gasteiger partial charge on any atom is 2.00 e. The van der Waals surface area contributed by atoms with Crippen molar-refractivity contribution in [1.82, 2.24) is 40.3 Å². The van der Waals surface area contributed by atoms with Gasteiger partial charge in [-0.2, -0.15) is 0 Å². The first-order valence-electron chi connectivity index (χ1n) is 14.0. The minimum atomic E-state index is -4.94. The Morgan fingerprint density at radius 2 is 0.774 bits per heavy atom. The molecule has 0 aliphatic carbocycles. The van der Waals surface area contributed by atoms with Gasteiger partial charge in [0.1, 0.15) is 11.4 Å². The third-order valence-electron chi connectivity index (χ3n) is 6.10. The van der Waals surface area contributed by atoms with Gasteiger partial charge in [-0.1, -0.05) is 12.1 Å². The normalized spacial score (nSPS) is 10.5. The van der Waals surface area contributed by atoms with Crippen LogP contribution in [0.3, 0.4) is 0 Å². The molecule has 0 aliphatic heterocycles. The molecule has 285 valence electrons. The molecule has 0 saturated carbocycles. The first kappa shape index (κ1) is 44.2. The number of hydrogen-bond donors (Lipinski definition) is 2. The maximum absolute atomic E-state index is 8.49. The number of benzene rings is 2. The fourth-order valence-electron chi connectivity index (χ4n) is 3.99. The van der Waals surface area contributed by atoms with Crippen molar-refractivity contribution in [3.63, 3.8) is 0 Å². The van der Waals surface area contributed by atoms with Crippen LogP contribution in [0.25, 0.3) is 45.8 Å². The second-order valence-corrected chi connectivity index (χ2v) is 10.9. The van der Waals surface area contributed by atoms with Gasteiger partial charge in [0, 0.05) is 23.5 Å². The zero-order chi connectivity index (χ0) is 38.3. The van der Waals surface area contributed by atoms with Gasteiger partial charge >= 0.3 is 17.1 Å². The number of nitrogens with one attached hydrogen (secondary N) is 2. The molecule has 0 unspecified atom stereocenters. The number of H-pyrrole nitrogens is 2. The molecule has 53 heavy (non-hydrogen) atoms. The predicted octanol–water partition coefficient (Wildman–Crippen LogP) is -4.41. The van der Waals surface area contributed by atoms with Crippen molar-refractivity contribution in [3.8, 4) is 68.8 Å². The summed E-state index contributed by atoms with van der Waals surface area (Å²) in [5.41, 5.74) is 3.22. The Labute approximate surface area is 315 Å². The summed E-state index contributed by atoms with van der Waals surface area (Å²) in [5, 5.41) is 16.5.